The van der Waals surface area contributed by atoms with E-state index in [1.54, 1.807) is 0 Å². The summed E-state index contributed by atoms with van der Waals surface area (Å²) in [5.41, 5.74) is 0. The minimum Gasteiger partial charge on any atom is -0.316 e. The minimum absolute atomic E-state index is 0.843. The Bertz CT molecular complexity index is 131. The zero-order valence-electron chi connectivity index (χ0n) is 9.47. The molecule has 0 bridgehead atoms. The molecule has 1 rings (SSSR count). The molecule has 78 valence electrons. The van der Waals surface area contributed by atoms with Gasteiger partial charge in [0, 0.05) is 0 Å². The van der Waals surface area contributed by atoms with E-state index in [9.17, 15) is 0 Å². The fraction of sp³-hybridized carbons (Fsp3) is 1.00. The van der Waals surface area contributed by atoms with Crippen LogP contribution in [0.15, 0.2) is 0 Å². The lowest BCUT2D eigenvalue weighted by atomic mass is 10.1. The second-order valence-electron chi connectivity index (χ2n) is 5.17. The lowest BCUT2D eigenvalue weighted by Crippen LogP contribution is -2.23. The topological polar surface area (TPSA) is 12.0 Å². The summed E-state index contributed by atoms with van der Waals surface area (Å²) in [7, 11) is 0. The molecule has 0 aromatic heterocycles. The zero-order chi connectivity index (χ0) is 9.68. The molecule has 0 saturated heterocycles. The molecule has 1 saturated carbocycles. The van der Waals surface area contributed by atoms with Crippen molar-refractivity contribution in [3.8, 4) is 0 Å². The van der Waals surface area contributed by atoms with E-state index in [1.807, 2.05) is 0 Å². The van der Waals surface area contributed by atoms with Crippen molar-refractivity contribution >= 4 is 0 Å². The second kappa shape index (κ2) is 5.64. The summed E-state index contributed by atoms with van der Waals surface area (Å²) in [6.07, 6.45) is 5.68. The summed E-state index contributed by atoms with van der Waals surface area (Å²) in [4.78, 5) is 0. The Balaban J connectivity index is 1.94. The molecule has 0 aliphatic heterocycles. The Labute approximate surface area is 83.3 Å². The van der Waals surface area contributed by atoms with Crippen molar-refractivity contribution in [3.05, 3.63) is 0 Å². The van der Waals surface area contributed by atoms with Gasteiger partial charge >= 0.3 is 0 Å². The van der Waals surface area contributed by atoms with Gasteiger partial charge in [0.1, 0.15) is 0 Å². The van der Waals surface area contributed by atoms with Crippen molar-refractivity contribution in [2.45, 2.75) is 46.5 Å². The molecule has 2 unspecified atom stereocenters. The molecule has 0 aromatic rings. The summed E-state index contributed by atoms with van der Waals surface area (Å²) in [5, 5.41) is 3.58. The summed E-state index contributed by atoms with van der Waals surface area (Å²) >= 11 is 0. The lowest BCUT2D eigenvalue weighted by molar-refractivity contribution is 0.451. The van der Waals surface area contributed by atoms with Crippen LogP contribution in [0.5, 0.6) is 0 Å². The van der Waals surface area contributed by atoms with E-state index in [0.29, 0.717) is 0 Å². The Hall–Kier alpha value is -0.0400. The summed E-state index contributed by atoms with van der Waals surface area (Å²) in [6.45, 7) is 9.44. The highest BCUT2D eigenvalue weighted by Crippen LogP contribution is 2.29. The largest absolute Gasteiger partial charge is 0.316 e. The first kappa shape index (κ1) is 11.0. The fourth-order valence-corrected chi connectivity index (χ4v) is 2.21. The van der Waals surface area contributed by atoms with Gasteiger partial charge in [-0.2, -0.15) is 0 Å². The monoisotopic (exact) mass is 183 g/mol. The number of hydrogen-bond acceptors (Lipinski definition) is 1. The molecular formula is C12H25N. The van der Waals surface area contributed by atoms with Gasteiger partial charge in [0.05, 0.1) is 0 Å². The zero-order valence-corrected chi connectivity index (χ0v) is 9.47. The van der Waals surface area contributed by atoms with Crippen LogP contribution in [0.1, 0.15) is 46.5 Å². The van der Waals surface area contributed by atoms with E-state index in [-0.39, 0.29) is 0 Å². The molecule has 1 aliphatic rings. The van der Waals surface area contributed by atoms with E-state index in [2.05, 4.69) is 26.1 Å². The van der Waals surface area contributed by atoms with Gasteiger partial charge in [-0.15, -0.1) is 0 Å². The first-order valence-electron chi connectivity index (χ1n) is 5.89. The third-order valence-electron chi connectivity index (χ3n) is 3.13. The van der Waals surface area contributed by atoms with Crippen LogP contribution < -0.4 is 5.32 Å². The van der Waals surface area contributed by atoms with E-state index in [1.165, 1.54) is 38.8 Å². The van der Waals surface area contributed by atoms with Gasteiger partial charge in [0.25, 0.3) is 0 Å². The van der Waals surface area contributed by atoms with Crippen LogP contribution >= 0.6 is 0 Å². The van der Waals surface area contributed by atoms with Gasteiger partial charge in [0.15, 0.2) is 0 Å². The maximum absolute atomic E-state index is 3.58. The quantitative estimate of drug-likeness (QED) is 0.646. The van der Waals surface area contributed by atoms with Crippen LogP contribution in [0.3, 0.4) is 0 Å². The molecule has 0 radical (unpaired) electrons. The van der Waals surface area contributed by atoms with Gasteiger partial charge in [-0.25, -0.2) is 0 Å². The predicted molar refractivity (Wildman–Crippen MR) is 58.8 cm³/mol. The molecule has 1 fully saturated rings. The highest BCUT2D eigenvalue weighted by atomic mass is 14.9. The number of rotatable bonds is 5. The third-order valence-corrected chi connectivity index (χ3v) is 3.13. The van der Waals surface area contributed by atoms with Crippen LogP contribution in [0.4, 0.5) is 0 Å². The smallest absolute Gasteiger partial charge is 0.00204 e. The third kappa shape index (κ3) is 4.66. The Kier molecular flexibility index (Phi) is 4.79. The molecule has 2 atom stereocenters. The van der Waals surface area contributed by atoms with Gasteiger partial charge < -0.3 is 5.32 Å². The molecule has 0 spiro atoms. The van der Waals surface area contributed by atoms with Gasteiger partial charge in [0.2, 0.25) is 0 Å². The van der Waals surface area contributed by atoms with Crippen LogP contribution in [0, 0.1) is 17.8 Å². The van der Waals surface area contributed by atoms with Crippen molar-refractivity contribution < 1.29 is 0 Å². The van der Waals surface area contributed by atoms with Crippen molar-refractivity contribution in [1.82, 2.24) is 5.32 Å². The maximum atomic E-state index is 3.58. The molecule has 1 aliphatic carbocycles. The molecular weight excluding hydrogens is 158 g/mol. The van der Waals surface area contributed by atoms with Crippen LogP contribution in [-0.2, 0) is 0 Å². The molecule has 0 heterocycles. The van der Waals surface area contributed by atoms with Crippen molar-refractivity contribution in [2.75, 3.05) is 13.1 Å². The van der Waals surface area contributed by atoms with Gasteiger partial charge in [-0.1, -0.05) is 27.2 Å². The Morgan fingerprint density at radius 2 is 2.08 bits per heavy atom. The highest BCUT2D eigenvalue weighted by Gasteiger charge is 2.20. The minimum atomic E-state index is 0.843. The average Bonchev–Trinajstić information content (AvgIpc) is 2.45. The fourth-order valence-electron chi connectivity index (χ4n) is 2.21. The second-order valence-corrected chi connectivity index (χ2v) is 5.17. The van der Waals surface area contributed by atoms with Gasteiger partial charge in [-0.3, -0.25) is 0 Å². The normalized spacial score (nSPS) is 28.6. The van der Waals surface area contributed by atoms with E-state index < -0.39 is 0 Å². The van der Waals surface area contributed by atoms with Crippen molar-refractivity contribution in [1.29, 1.82) is 0 Å². The number of nitrogens with one attached hydrogen (secondary N) is 1. The summed E-state index contributed by atoms with van der Waals surface area (Å²) in [5.74, 6) is 2.80. The summed E-state index contributed by atoms with van der Waals surface area (Å²) < 4.78 is 0. The standard InChI is InChI=1S/C12H25N/c1-10(2)6-7-13-9-12-5-4-11(3)8-12/h10-13H,4-9H2,1-3H3. The average molecular weight is 183 g/mol. The highest BCUT2D eigenvalue weighted by molar-refractivity contribution is 4.74. The Morgan fingerprint density at radius 3 is 2.62 bits per heavy atom. The SMILES string of the molecule is CC(C)CCNCC1CCC(C)C1. The van der Waals surface area contributed by atoms with Gasteiger partial charge in [-0.05, 0) is 50.1 Å². The first-order chi connectivity index (χ1) is 6.18. The first-order valence-corrected chi connectivity index (χ1v) is 5.89. The number of hydrogen-bond donors (Lipinski definition) is 1. The van der Waals surface area contributed by atoms with Crippen molar-refractivity contribution in [3.63, 3.8) is 0 Å². The van der Waals surface area contributed by atoms with E-state index in [0.717, 1.165) is 17.8 Å². The molecule has 13 heavy (non-hydrogen) atoms. The molecule has 0 aromatic carbocycles. The maximum Gasteiger partial charge on any atom is -0.00204 e. The molecule has 1 heteroatoms. The van der Waals surface area contributed by atoms with Crippen molar-refractivity contribution in [2.24, 2.45) is 17.8 Å². The molecule has 1 nitrogen and oxygen atoms in total. The summed E-state index contributed by atoms with van der Waals surface area (Å²) in [6, 6.07) is 0. The predicted octanol–water partition coefficient (Wildman–Crippen LogP) is 3.06. The van der Waals surface area contributed by atoms with Crippen LogP contribution in [0.2, 0.25) is 0 Å². The van der Waals surface area contributed by atoms with Crippen LogP contribution in [0.25, 0.3) is 0 Å². The van der Waals surface area contributed by atoms with E-state index in [4.69, 9.17) is 0 Å². The molecule has 1 N–H and O–H groups in total. The van der Waals surface area contributed by atoms with E-state index >= 15 is 0 Å². The lowest BCUT2D eigenvalue weighted by Gasteiger charge is -2.11. The van der Waals surface area contributed by atoms with Crippen LogP contribution in [-0.4, -0.2) is 13.1 Å². The molecule has 0 amide bonds. The Morgan fingerprint density at radius 1 is 1.31 bits per heavy atom.